The third-order valence-electron chi connectivity index (χ3n) is 4.38. The number of benzene rings is 3. The Hall–Kier alpha value is -3.12. The predicted molar refractivity (Wildman–Crippen MR) is 110 cm³/mol. The minimum Gasteiger partial charge on any atom is -0.0984 e. The SMILES string of the molecule is C=Cc1cc(C=C)c(C=C)c(-c2cccc3ccccc23)c1C=C. The van der Waals surface area contributed by atoms with Crippen molar-refractivity contribution >= 4 is 35.1 Å². The molecular weight excluding hydrogens is 288 g/mol. The van der Waals surface area contributed by atoms with Crippen molar-refractivity contribution in [2.45, 2.75) is 0 Å². The average molecular weight is 308 g/mol. The van der Waals surface area contributed by atoms with Gasteiger partial charge in [-0.2, -0.15) is 0 Å². The Kier molecular flexibility index (Phi) is 4.31. The molecule has 0 spiro atoms. The quantitative estimate of drug-likeness (QED) is 0.472. The summed E-state index contributed by atoms with van der Waals surface area (Å²) in [6.45, 7) is 16.0. The molecule has 0 aliphatic carbocycles. The number of rotatable bonds is 5. The third kappa shape index (κ3) is 2.43. The van der Waals surface area contributed by atoms with Gasteiger partial charge in [0.25, 0.3) is 0 Å². The van der Waals surface area contributed by atoms with Crippen molar-refractivity contribution in [2.75, 3.05) is 0 Å². The summed E-state index contributed by atoms with van der Waals surface area (Å²) in [4.78, 5) is 0. The molecule has 0 saturated heterocycles. The van der Waals surface area contributed by atoms with Crippen LogP contribution in [0.5, 0.6) is 0 Å². The molecule has 0 nitrogen and oxygen atoms in total. The summed E-state index contributed by atoms with van der Waals surface area (Å²) in [6.07, 6.45) is 7.53. The molecule has 0 aliphatic rings. The maximum absolute atomic E-state index is 4.03. The average Bonchev–Trinajstić information content (AvgIpc) is 2.65. The summed E-state index contributed by atoms with van der Waals surface area (Å²) in [6, 6.07) is 16.9. The summed E-state index contributed by atoms with van der Waals surface area (Å²) in [5.74, 6) is 0. The van der Waals surface area contributed by atoms with Gasteiger partial charge in [0.1, 0.15) is 0 Å². The van der Waals surface area contributed by atoms with Gasteiger partial charge in [-0.25, -0.2) is 0 Å². The normalized spacial score (nSPS) is 10.3. The molecule has 0 atom stereocenters. The molecule has 0 amide bonds. The number of hydrogen-bond donors (Lipinski definition) is 0. The summed E-state index contributed by atoms with van der Waals surface area (Å²) in [5, 5.41) is 2.42. The van der Waals surface area contributed by atoms with Gasteiger partial charge in [0, 0.05) is 0 Å². The smallest absolute Gasteiger partial charge is 0.00210 e. The topological polar surface area (TPSA) is 0 Å². The van der Waals surface area contributed by atoms with Crippen molar-refractivity contribution in [1.29, 1.82) is 0 Å². The Morgan fingerprint density at radius 1 is 0.625 bits per heavy atom. The molecule has 0 heterocycles. The van der Waals surface area contributed by atoms with Crippen molar-refractivity contribution in [1.82, 2.24) is 0 Å². The zero-order chi connectivity index (χ0) is 17.1. The largest absolute Gasteiger partial charge is 0.0984 e. The standard InChI is InChI=1S/C24H20/c1-5-17-16-18(6-2)21(8-4)24(20(17)7-3)23-15-11-13-19-12-9-10-14-22(19)23/h5-16H,1-4H2. The highest BCUT2D eigenvalue weighted by Gasteiger charge is 2.15. The summed E-state index contributed by atoms with van der Waals surface area (Å²) >= 11 is 0. The van der Waals surface area contributed by atoms with Gasteiger partial charge in [0.05, 0.1) is 0 Å². The van der Waals surface area contributed by atoms with Gasteiger partial charge in [-0.1, -0.05) is 93.1 Å². The first-order valence-electron chi connectivity index (χ1n) is 7.94. The van der Waals surface area contributed by atoms with Crippen molar-refractivity contribution < 1.29 is 0 Å². The molecule has 3 aromatic carbocycles. The Morgan fingerprint density at radius 2 is 1.21 bits per heavy atom. The lowest BCUT2D eigenvalue weighted by Crippen LogP contribution is -1.96. The van der Waals surface area contributed by atoms with Crippen LogP contribution in [0.3, 0.4) is 0 Å². The van der Waals surface area contributed by atoms with Crippen molar-refractivity contribution in [3.05, 3.63) is 97.1 Å². The second-order valence-electron chi connectivity index (χ2n) is 5.60. The van der Waals surface area contributed by atoms with Crippen LogP contribution in [0.1, 0.15) is 22.3 Å². The molecule has 24 heavy (non-hydrogen) atoms. The van der Waals surface area contributed by atoms with E-state index >= 15 is 0 Å². The molecule has 0 aliphatic heterocycles. The number of hydrogen-bond acceptors (Lipinski definition) is 0. The number of fused-ring (bicyclic) bond motifs is 1. The Labute approximate surface area is 143 Å². The molecule has 3 rings (SSSR count). The van der Waals surface area contributed by atoms with Crippen LogP contribution in [0.15, 0.2) is 74.8 Å². The first-order valence-corrected chi connectivity index (χ1v) is 7.94. The predicted octanol–water partition coefficient (Wildman–Crippen LogP) is 7.08. The van der Waals surface area contributed by atoms with E-state index in [0.29, 0.717) is 0 Å². The summed E-state index contributed by atoms with van der Waals surface area (Å²) in [5.41, 5.74) is 6.54. The molecule has 0 unspecified atom stereocenters. The first kappa shape index (κ1) is 15.8. The van der Waals surface area contributed by atoms with E-state index in [9.17, 15) is 0 Å². The zero-order valence-corrected chi connectivity index (χ0v) is 13.8. The van der Waals surface area contributed by atoms with Gasteiger partial charge in [-0.05, 0) is 50.2 Å². The summed E-state index contributed by atoms with van der Waals surface area (Å²) < 4.78 is 0. The van der Waals surface area contributed by atoms with E-state index in [2.05, 4.69) is 74.8 Å². The molecule has 0 bridgehead atoms. The lowest BCUT2D eigenvalue weighted by Gasteiger charge is -2.18. The van der Waals surface area contributed by atoms with Crippen LogP contribution in [0.4, 0.5) is 0 Å². The lowest BCUT2D eigenvalue weighted by molar-refractivity contribution is 1.53. The van der Waals surface area contributed by atoms with Crippen LogP contribution in [0.25, 0.3) is 46.2 Å². The Morgan fingerprint density at radius 3 is 1.79 bits per heavy atom. The molecule has 0 saturated carbocycles. The van der Waals surface area contributed by atoms with E-state index in [1.807, 2.05) is 24.3 Å². The van der Waals surface area contributed by atoms with E-state index in [4.69, 9.17) is 0 Å². The van der Waals surface area contributed by atoms with E-state index in [1.165, 1.54) is 16.3 Å². The zero-order valence-electron chi connectivity index (χ0n) is 13.8. The molecule has 0 N–H and O–H groups in total. The fourth-order valence-electron chi connectivity index (χ4n) is 3.27. The van der Waals surface area contributed by atoms with Crippen LogP contribution in [-0.2, 0) is 0 Å². The molecule has 116 valence electrons. The van der Waals surface area contributed by atoms with Gasteiger partial charge in [0.15, 0.2) is 0 Å². The second-order valence-corrected chi connectivity index (χ2v) is 5.60. The van der Waals surface area contributed by atoms with Crippen molar-refractivity contribution in [3.63, 3.8) is 0 Å². The van der Waals surface area contributed by atoms with E-state index in [0.717, 1.165) is 27.8 Å². The Bertz CT molecular complexity index is 927. The van der Waals surface area contributed by atoms with Crippen LogP contribution >= 0.6 is 0 Å². The van der Waals surface area contributed by atoms with Gasteiger partial charge >= 0.3 is 0 Å². The monoisotopic (exact) mass is 308 g/mol. The molecule has 0 heteroatoms. The van der Waals surface area contributed by atoms with E-state index < -0.39 is 0 Å². The van der Waals surface area contributed by atoms with Crippen molar-refractivity contribution in [2.24, 2.45) is 0 Å². The highest BCUT2D eigenvalue weighted by atomic mass is 14.2. The maximum atomic E-state index is 4.03. The molecule has 0 aromatic heterocycles. The molecule has 0 radical (unpaired) electrons. The first-order chi connectivity index (χ1) is 11.7. The second kappa shape index (κ2) is 6.55. The highest BCUT2D eigenvalue weighted by Crippen LogP contribution is 2.38. The minimum absolute atomic E-state index is 1.05. The Balaban J connectivity index is 2.54. The van der Waals surface area contributed by atoms with Crippen LogP contribution in [0.2, 0.25) is 0 Å². The van der Waals surface area contributed by atoms with Gasteiger partial charge in [-0.3, -0.25) is 0 Å². The fraction of sp³-hybridized carbons (Fsp3) is 0. The maximum Gasteiger partial charge on any atom is -0.00210 e. The highest BCUT2D eigenvalue weighted by molar-refractivity contribution is 6.02. The molecule has 3 aromatic rings. The van der Waals surface area contributed by atoms with Crippen LogP contribution in [0, 0.1) is 0 Å². The van der Waals surface area contributed by atoms with Gasteiger partial charge in [-0.15, -0.1) is 0 Å². The third-order valence-corrected chi connectivity index (χ3v) is 4.38. The van der Waals surface area contributed by atoms with Gasteiger partial charge < -0.3 is 0 Å². The van der Waals surface area contributed by atoms with E-state index in [-0.39, 0.29) is 0 Å². The fourth-order valence-corrected chi connectivity index (χ4v) is 3.27. The van der Waals surface area contributed by atoms with Crippen molar-refractivity contribution in [3.8, 4) is 11.1 Å². The minimum atomic E-state index is 1.05. The van der Waals surface area contributed by atoms with Crippen LogP contribution in [-0.4, -0.2) is 0 Å². The summed E-state index contributed by atoms with van der Waals surface area (Å²) in [7, 11) is 0. The van der Waals surface area contributed by atoms with Crippen LogP contribution < -0.4 is 0 Å². The molecular formula is C24H20. The van der Waals surface area contributed by atoms with E-state index in [1.54, 1.807) is 0 Å². The lowest BCUT2D eigenvalue weighted by atomic mass is 9.85. The molecule has 0 fully saturated rings. The van der Waals surface area contributed by atoms with Gasteiger partial charge in [0.2, 0.25) is 0 Å².